The number of benzene rings is 1. The molecular formula is C9H14N2O. The van der Waals surface area contributed by atoms with Gasteiger partial charge < -0.3 is 5.73 Å². The summed E-state index contributed by atoms with van der Waals surface area (Å²) in [5.74, 6) is 0. The molecule has 0 amide bonds. The van der Waals surface area contributed by atoms with Crippen LogP contribution in [0.5, 0.6) is 0 Å². The molecule has 0 aromatic heterocycles. The third-order valence-corrected chi connectivity index (χ3v) is 1.76. The molecule has 3 N–H and O–H groups in total. The summed E-state index contributed by atoms with van der Waals surface area (Å²) in [5.41, 5.74) is 8.07. The Morgan fingerprint density at radius 1 is 1.50 bits per heavy atom. The molecule has 3 nitrogen and oxygen atoms in total. The molecule has 0 radical (unpaired) electrons. The van der Waals surface area contributed by atoms with Crippen LogP contribution >= 0.6 is 0 Å². The van der Waals surface area contributed by atoms with Gasteiger partial charge in [0.1, 0.15) is 0 Å². The molecule has 12 heavy (non-hydrogen) atoms. The molecule has 0 aliphatic heterocycles. The Morgan fingerprint density at radius 3 is 2.67 bits per heavy atom. The van der Waals surface area contributed by atoms with Crippen LogP contribution in [-0.2, 0) is 0 Å². The first kappa shape index (κ1) is 8.87. The van der Waals surface area contributed by atoms with Crippen LogP contribution in [0.4, 0.5) is 11.4 Å². The van der Waals surface area contributed by atoms with E-state index >= 15 is 0 Å². The van der Waals surface area contributed by atoms with Gasteiger partial charge in [-0.2, -0.15) is 0 Å². The molecule has 1 rings (SSSR count). The minimum Gasteiger partial charge on any atom is -0.397 e. The highest BCUT2D eigenvalue weighted by atomic mass is 16.5. The first-order chi connectivity index (χ1) is 5.65. The lowest BCUT2D eigenvalue weighted by molar-refractivity contribution is 0.260. The fourth-order valence-electron chi connectivity index (χ4n) is 1.08. The van der Waals surface area contributed by atoms with E-state index in [0.717, 1.165) is 10.6 Å². The van der Waals surface area contributed by atoms with Gasteiger partial charge >= 0.3 is 0 Å². The summed E-state index contributed by atoms with van der Waals surface area (Å²) < 4.78 is 0. The highest BCUT2D eigenvalue weighted by Crippen LogP contribution is 2.22. The van der Waals surface area contributed by atoms with Crippen molar-refractivity contribution in [2.24, 2.45) is 0 Å². The molecule has 1 aromatic rings. The minimum absolute atomic E-state index is 0.535. The number of nitrogens with two attached hydrogens (primary N) is 1. The summed E-state index contributed by atoms with van der Waals surface area (Å²) in [6, 6.07) is 5.58. The molecule has 0 bridgehead atoms. The van der Waals surface area contributed by atoms with Gasteiger partial charge in [-0.3, -0.25) is 10.3 Å². The molecule has 1 aromatic carbocycles. The monoisotopic (exact) mass is 166 g/mol. The summed E-state index contributed by atoms with van der Waals surface area (Å²) in [6.07, 6.45) is 0. The van der Waals surface area contributed by atoms with Crippen LogP contribution in [0.15, 0.2) is 18.2 Å². The van der Waals surface area contributed by atoms with E-state index < -0.39 is 0 Å². The summed E-state index contributed by atoms with van der Waals surface area (Å²) in [6.45, 7) is 4.36. The fraction of sp³-hybridized carbons (Fsp3) is 0.333. The van der Waals surface area contributed by atoms with Crippen molar-refractivity contribution in [3.63, 3.8) is 0 Å². The van der Waals surface area contributed by atoms with Crippen molar-refractivity contribution in [1.29, 1.82) is 0 Å². The smallest absolute Gasteiger partial charge is 0.0863 e. The lowest BCUT2D eigenvalue weighted by atomic mass is 10.2. The van der Waals surface area contributed by atoms with Crippen LogP contribution in [0.25, 0.3) is 0 Å². The van der Waals surface area contributed by atoms with Crippen molar-refractivity contribution in [3.8, 4) is 0 Å². The maximum Gasteiger partial charge on any atom is 0.0863 e. The average Bonchev–Trinajstić information content (AvgIpc) is 2.03. The normalized spacial score (nSPS) is 9.92. The van der Waals surface area contributed by atoms with Crippen LogP contribution in [0.3, 0.4) is 0 Å². The van der Waals surface area contributed by atoms with Gasteiger partial charge in [-0.25, -0.2) is 0 Å². The van der Waals surface area contributed by atoms with E-state index in [-0.39, 0.29) is 0 Å². The maximum absolute atomic E-state index is 9.35. The summed E-state index contributed by atoms with van der Waals surface area (Å²) in [4.78, 5) is 0. The highest BCUT2D eigenvalue weighted by molar-refractivity contribution is 5.66. The Labute approximate surface area is 72.4 Å². The van der Waals surface area contributed by atoms with Crippen LogP contribution in [0.2, 0.25) is 0 Å². The van der Waals surface area contributed by atoms with Crippen molar-refractivity contribution in [1.82, 2.24) is 0 Å². The highest BCUT2D eigenvalue weighted by Gasteiger charge is 2.03. The second-order valence-electron chi connectivity index (χ2n) is 2.78. The first-order valence-corrected chi connectivity index (χ1v) is 3.97. The molecule has 0 atom stereocenters. The number of hydrogen-bond donors (Lipinski definition) is 2. The third kappa shape index (κ3) is 1.68. The molecule has 0 unspecified atom stereocenters. The number of nitrogens with zero attached hydrogens (tertiary/aromatic N) is 1. The fourth-order valence-corrected chi connectivity index (χ4v) is 1.08. The molecule has 0 saturated carbocycles. The van der Waals surface area contributed by atoms with Gasteiger partial charge in [0.25, 0.3) is 0 Å². The number of hydroxylamine groups is 1. The van der Waals surface area contributed by atoms with Gasteiger partial charge in [-0.05, 0) is 31.5 Å². The molecule has 0 fully saturated rings. The van der Waals surface area contributed by atoms with Crippen LogP contribution in [0, 0.1) is 6.92 Å². The zero-order valence-electron chi connectivity index (χ0n) is 7.41. The van der Waals surface area contributed by atoms with E-state index in [1.54, 1.807) is 0 Å². The molecule has 3 heteroatoms. The molecular weight excluding hydrogens is 152 g/mol. The zero-order chi connectivity index (χ0) is 9.14. The second kappa shape index (κ2) is 3.45. The number of hydrogen-bond acceptors (Lipinski definition) is 3. The second-order valence-corrected chi connectivity index (χ2v) is 2.78. The predicted octanol–water partition coefficient (Wildman–Crippen LogP) is 1.79. The van der Waals surface area contributed by atoms with Gasteiger partial charge in [0, 0.05) is 6.54 Å². The Bertz CT molecular complexity index is 273. The maximum atomic E-state index is 9.35. The predicted molar refractivity (Wildman–Crippen MR) is 50.4 cm³/mol. The summed E-state index contributed by atoms with van der Waals surface area (Å²) in [7, 11) is 0. The van der Waals surface area contributed by atoms with Crippen molar-refractivity contribution >= 4 is 11.4 Å². The van der Waals surface area contributed by atoms with Crippen molar-refractivity contribution < 1.29 is 5.21 Å². The third-order valence-electron chi connectivity index (χ3n) is 1.76. The minimum atomic E-state index is 0.535. The molecule has 0 aliphatic carbocycles. The van der Waals surface area contributed by atoms with E-state index in [1.807, 2.05) is 32.0 Å². The average molecular weight is 166 g/mol. The van der Waals surface area contributed by atoms with E-state index in [9.17, 15) is 5.21 Å². The summed E-state index contributed by atoms with van der Waals surface area (Å²) >= 11 is 0. The van der Waals surface area contributed by atoms with Gasteiger partial charge in [0.2, 0.25) is 0 Å². The lowest BCUT2D eigenvalue weighted by Gasteiger charge is -2.16. The van der Waals surface area contributed by atoms with Crippen molar-refractivity contribution in [3.05, 3.63) is 23.8 Å². The molecule has 66 valence electrons. The van der Waals surface area contributed by atoms with Gasteiger partial charge in [-0.1, -0.05) is 6.07 Å². The van der Waals surface area contributed by atoms with Gasteiger partial charge in [0.05, 0.1) is 11.4 Å². The topological polar surface area (TPSA) is 49.5 Å². The van der Waals surface area contributed by atoms with E-state index in [0.29, 0.717) is 17.9 Å². The molecule has 0 aliphatic rings. The number of nitrogen functional groups attached to an aromatic ring is 1. The van der Waals surface area contributed by atoms with Gasteiger partial charge in [-0.15, -0.1) is 0 Å². The van der Waals surface area contributed by atoms with E-state index in [2.05, 4.69) is 0 Å². The van der Waals surface area contributed by atoms with E-state index in [1.165, 1.54) is 0 Å². The Balaban J connectivity index is 3.01. The number of rotatable bonds is 2. The van der Waals surface area contributed by atoms with Crippen molar-refractivity contribution in [2.45, 2.75) is 13.8 Å². The Morgan fingerprint density at radius 2 is 2.17 bits per heavy atom. The van der Waals surface area contributed by atoms with Gasteiger partial charge in [0.15, 0.2) is 0 Å². The lowest BCUT2D eigenvalue weighted by Crippen LogP contribution is -2.18. The molecule has 0 saturated heterocycles. The quantitative estimate of drug-likeness (QED) is 0.520. The van der Waals surface area contributed by atoms with Crippen LogP contribution in [-0.4, -0.2) is 11.8 Å². The summed E-state index contributed by atoms with van der Waals surface area (Å²) in [5, 5.41) is 10.5. The van der Waals surface area contributed by atoms with Crippen molar-refractivity contribution in [2.75, 3.05) is 17.3 Å². The van der Waals surface area contributed by atoms with E-state index in [4.69, 9.17) is 5.73 Å². The first-order valence-electron chi connectivity index (χ1n) is 3.97. The number of anilines is 2. The van der Waals surface area contributed by atoms with Crippen LogP contribution < -0.4 is 10.8 Å². The zero-order valence-corrected chi connectivity index (χ0v) is 7.41. The molecule has 0 heterocycles. The Hall–Kier alpha value is -1.22. The SMILES string of the molecule is CCN(O)c1ccc(C)cc1N. The Kier molecular flexibility index (Phi) is 2.55. The van der Waals surface area contributed by atoms with Crippen LogP contribution in [0.1, 0.15) is 12.5 Å². The molecule has 0 spiro atoms. The number of aryl methyl sites for hydroxylation is 1. The largest absolute Gasteiger partial charge is 0.397 e. The standard InChI is InChI=1S/C9H14N2O/c1-3-11(12)9-5-4-7(2)6-8(9)10/h4-6,12H,3,10H2,1-2H3.